The highest BCUT2D eigenvalue weighted by Gasteiger charge is 2.33. The fourth-order valence-electron chi connectivity index (χ4n) is 3.42. The van der Waals surface area contributed by atoms with Crippen molar-refractivity contribution in [2.45, 2.75) is 19.9 Å². The van der Waals surface area contributed by atoms with Gasteiger partial charge in [0.15, 0.2) is 4.80 Å². The summed E-state index contributed by atoms with van der Waals surface area (Å²) in [5, 5.41) is 13.2. The van der Waals surface area contributed by atoms with Gasteiger partial charge >= 0.3 is 5.97 Å². The molecule has 0 fully saturated rings. The van der Waals surface area contributed by atoms with E-state index in [9.17, 15) is 19.7 Å². The average molecular weight is 456 g/mol. The number of nitro groups is 1. The number of hydrogen-bond donors (Lipinski definition) is 0. The number of carbonyl (C=O) groups is 1. The van der Waals surface area contributed by atoms with Crippen LogP contribution in [0.5, 0.6) is 0 Å². The van der Waals surface area contributed by atoms with Gasteiger partial charge in [-0.3, -0.25) is 19.5 Å². The summed E-state index contributed by atoms with van der Waals surface area (Å²) >= 11 is 2.56. The monoisotopic (exact) mass is 455 g/mol. The molecule has 2 aromatic heterocycles. The number of fused-ring (bicyclic) bond motifs is 1. The Labute approximate surface area is 184 Å². The van der Waals surface area contributed by atoms with E-state index >= 15 is 0 Å². The molecule has 0 saturated heterocycles. The second-order valence-electron chi connectivity index (χ2n) is 6.63. The molecule has 0 saturated carbocycles. The molecule has 0 N–H and O–H groups in total. The number of benzene rings is 1. The van der Waals surface area contributed by atoms with Crippen molar-refractivity contribution in [1.29, 1.82) is 0 Å². The first-order valence-electron chi connectivity index (χ1n) is 9.39. The number of thiophene rings is 1. The predicted octanol–water partition coefficient (Wildman–Crippen LogP) is 2.77. The van der Waals surface area contributed by atoms with E-state index < -0.39 is 16.9 Å². The molecule has 1 aliphatic heterocycles. The Hall–Kier alpha value is -3.37. The van der Waals surface area contributed by atoms with Crippen LogP contribution in [0.2, 0.25) is 0 Å². The van der Waals surface area contributed by atoms with E-state index in [1.54, 1.807) is 32.0 Å². The Morgan fingerprint density at radius 2 is 2.10 bits per heavy atom. The van der Waals surface area contributed by atoms with Gasteiger partial charge in [0.1, 0.15) is 6.04 Å². The second-order valence-corrected chi connectivity index (χ2v) is 8.62. The van der Waals surface area contributed by atoms with Crippen molar-refractivity contribution in [3.05, 3.63) is 93.3 Å². The van der Waals surface area contributed by atoms with E-state index in [2.05, 4.69) is 4.99 Å². The lowest BCUT2D eigenvalue weighted by Gasteiger charge is -2.23. The standard InChI is InChI=1S/C21H17N3O5S2/c1-3-29-20(26)17-12(2)22-21-23(18(17)15-9-6-10-30-15)19(25)16(31-21)11-13-7-4-5-8-14(13)24(27)28/h4-11,18H,3H2,1-2H3. The maximum atomic E-state index is 13.4. The molecule has 31 heavy (non-hydrogen) atoms. The summed E-state index contributed by atoms with van der Waals surface area (Å²) in [7, 11) is 0. The number of thiazole rings is 1. The Balaban J connectivity index is 1.96. The zero-order chi connectivity index (χ0) is 22.1. The molecule has 1 unspecified atom stereocenters. The van der Waals surface area contributed by atoms with Crippen LogP contribution < -0.4 is 14.9 Å². The summed E-state index contributed by atoms with van der Waals surface area (Å²) in [6.45, 7) is 3.64. The fourth-order valence-corrected chi connectivity index (χ4v) is 5.29. The van der Waals surface area contributed by atoms with Crippen molar-refractivity contribution in [1.82, 2.24) is 4.57 Å². The molecule has 0 aliphatic carbocycles. The first kappa shape index (κ1) is 20.9. The van der Waals surface area contributed by atoms with Crippen molar-refractivity contribution in [2.75, 3.05) is 6.61 Å². The van der Waals surface area contributed by atoms with Crippen LogP contribution in [0.4, 0.5) is 5.69 Å². The highest BCUT2D eigenvalue weighted by Crippen LogP contribution is 2.33. The van der Waals surface area contributed by atoms with Gasteiger partial charge in [-0.1, -0.05) is 29.5 Å². The highest BCUT2D eigenvalue weighted by atomic mass is 32.1. The number of hydrogen-bond acceptors (Lipinski definition) is 8. The Morgan fingerprint density at radius 3 is 2.77 bits per heavy atom. The lowest BCUT2D eigenvalue weighted by molar-refractivity contribution is -0.385. The van der Waals surface area contributed by atoms with E-state index in [0.717, 1.165) is 16.2 Å². The number of ether oxygens (including phenoxy) is 1. The maximum Gasteiger partial charge on any atom is 0.338 e. The third kappa shape index (κ3) is 3.75. The quantitative estimate of drug-likeness (QED) is 0.334. The number of para-hydroxylation sites is 1. The molecule has 8 nitrogen and oxygen atoms in total. The molecule has 1 aromatic carbocycles. The highest BCUT2D eigenvalue weighted by molar-refractivity contribution is 7.10. The van der Waals surface area contributed by atoms with Gasteiger partial charge < -0.3 is 4.74 Å². The van der Waals surface area contributed by atoms with E-state index in [1.165, 1.54) is 28.0 Å². The lowest BCUT2D eigenvalue weighted by Crippen LogP contribution is -2.39. The third-order valence-electron chi connectivity index (χ3n) is 4.75. The van der Waals surface area contributed by atoms with Gasteiger partial charge in [-0.25, -0.2) is 9.79 Å². The molecule has 1 aliphatic rings. The van der Waals surface area contributed by atoms with Crippen LogP contribution in [0.15, 0.2) is 62.8 Å². The van der Waals surface area contributed by atoms with Gasteiger partial charge in [-0.2, -0.15) is 0 Å². The van der Waals surface area contributed by atoms with Crippen LogP contribution in [-0.2, 0) is 9.53 Å². The van der Waals surface area contributed by atoms with Crippen molar-refractivity contribution in [3.8, 4) is 0 Å². The molecule has 4 rings (SSSR count). The summed E-state index contributed by atoms with van der Waals surface area (Å²) in [5.74, 6) is -0.518. The van der Waals surface area contributed by atoms with Crippen molar-refractivity contribution in [2.24, 2.45) is 4.99 Å². The molecule has 0 radical (unpaired) electrons. The zero-order valence-electron chi connectivity index (χ0n) is 16.6. The number of allylic oxidation sites excluding steroid dienone is 1. The van der Waals surface area contributed by atoms with Crippen molar-refractivity contribution in [3.63, 3.8) is 0 Å². The molecule has 1 atom stereocenters. The summed E-state index contributed by atoms with van der Waals surface area (Å²) in [4.78, 5) is 42.7. The fraction of sp³-hybridized carbons (Fsp3) is 0.190. The Bertz CT molecular complexity index is 1380. The van der Waals surface area contributed by atoms with Crippen LogP contribution in [0.1, 0.15) is 30.3 Å². The molecule has 3 aromatic rings. The summed E-state index contributed by atoms with van der Waals surface area (Å²) in [5.41, 5.74) is 0.664. The molecule has 3 heterocycles. The smallest absolute Gasteiger partial charge is 0.338 e. The number of rotatable bonds is 5. The van der Waals surface area contributed by atoms with Crippen LogP contribution in [0.3, 0.4) is 0 Å². The molecular formula is C21H17N3O5S2. The molecule has 0 spiro atoms. The minimum atomic E-state index is -0.664. The number of carbonyl (C=O) groups excluding carboxylic acids is 1. The van der Waals surface area contributed by atoms with Gasteiger partial charge in [0, 0.05) is 10.9 Å². The van der Waals surface area contributed by atoms with Crippen LogP contribution >= 0.6 is 22.7 Å². The van der Waals surface area contributed by atoms with Crippen molar-refractivity contribution < 1.29 is 14.5 Å². The van der Waals surface area contributed by atoms with E-state index in [0.29, 0.717) is 26.2 Å². The van der Waals surface area contributed by atoms with Gasteiger partial charge in [0.2, 0.25) is 0 Å². The van der Waals surface area contributed by atoms with E-state index in [-0.39, 0.29) is 17.9 Å². The molecule has 0 bridgehead atoms. The average Bonchev–Trinajstić information content (AvgIpc) is 3.36. The van der Waals surface area contributed by atoms with Crippen LogP contribution in [-0.4, -0.2) is 22.1 Å². The summed E-state index contributed by atoms with van der Waals surface area (Å²) in [6, 6.07) is 9.26. The van der Waals surface area contributed by atoms with Gasteiger partial charge in [-0.15, -0.1) is 11.3 Å². The molecule has 0 amide bonds. The number of aromatic nitrogens is 1. The first-order valence-corrected chi connectivity index (χ1v) is 11.1. The maximum absolute atomic E-state index is 13.4. The second kappa shape index (κ2) is 8.40. The van der Waals surface area contributed by atoms with Gasteiger partial charge in [0.25, 0.3) is 11.2 Å². The minimum Gasteiger partial charge on any atom is -0.463 e. The predicted molar refractivity (Wildman–Crippen MR) is 118 cm³/mol. The van der Waals surface area contributed by atoms with Gasteiger partial charge in [-0.05, 0) is 37.4 Å². The zero-order valence-corrected chi connectivity index (χ0v) is 18.2. The first-order chi connectivity index (χ1) is 14.9. The Kier molecular flexibility index (Phi) is 5.66. The summed E-state index contributed by atoms with van der Waals surface area (Å²) in [6.07, 6.45) is 1.50. The molecular weight excluding hydrogens is 438 g/mol. The number of esters is 1. The number of nitrogens with zero attached hydrogens (tertiary/aromatic N) is 3. The summed E-state index contributed by atoms with van der Waals surface area (Å²) < 4.78 is 7.00. The SMILES string of the molecule is CCOC(=O)C1=C(C)N=c2sc(=Cc3ccccc3[N+](=O)[O-])c(=O)n2C1c1cccs1. The Morgan fingerprint density at radius 1 is 1.32 bits per heavy atom. The van der Waals surface area contributed by atoms with E-state index in [1.807, 2.05) is 17.5 Å². The van der Waals surface area contributed by atoms with Crippen LogP contribution in [0, 0.1) is 10.1 Å². The minimum absolute atomic E-state index is 0.0912. The van der Waals surface area contributed by atoms with Crippen LogP contribution in [0.25, 0.3) is 6.08 Å². The molecule has 10 heteroatoms. The van der Waals surface area contributed by atoms with Gasteiger partial charge in [0.05, 0.1) is 32.9 Å². The topological polar surface area (TPSA) is 104 Å². The van der Waals surface area contributed by atoms with E-state index in [4.69, 9.17) is 4.74 Å². The molecule has 158 valence electrons. The van der Waals surface area contributed by atoms with Crippen molar-refractivity contribution >= 4 is 40.4 Å². The normalized spacial score (nSPS) is 16.1. The lowest BCUT2D eigenvalue weighted by atomic mass is 10.0. The third-order valence-corrected chi connectivity index (χ3v) is 6.66. The number of nitro benzene ring substituents is 1. The largest absolute Gasteiger partial charge is 0.463 e.